The Balaban J connectivity index is 1.55. The number of benzene rings is 3. The molecule has 184 valence electrons. The van der Waals surface area contributed by atoms with Crippen molar-refractivity contribution < 1.29 is 23.7 Å². The largest absolute Gasteiger partial charge is 0.494 e. The van der Waals surface area contributed by atoms with E-state index in [0.717, 1.165) is 28.7 Å². The van der Waals surface area contributed by atoms with Crippen LogP contribution in [-0.4, -0.2) is 19.2 Å². The van der Waals surface area contributed by atoms with Gasteiger partial charge in [0, 0.05) is 11.6 Å². The van der Waals surface area contributed by atoms with Gasteiger partial charge in [-0.15, -0.1) is 0 Å². The maximum atomic E-state index is 12.4. The number of nitriles is 1. The number of allylic oxidation sites excluding steroid dienone is 1. The number of carbonyl (C=O) groups is 1. The van der Waals surface area contributed by atoms with Crippen LogP contribution in [0.4, 0.5) is 0 Å². The standard InChI is InChI=1S/C29H28N2O5/c1-4-13-33-21-9-6-8-20(14-21)28-23-12-11-22(15-26(23)36-29(31)24(28)16-30)35-27(32)17-34-25-10-5-7-18(2)19(25)3/h5-12,14-15,28H,4,13,17,31H2,1-3H3. The molecule has 0 bridgehead atoms. The average Bonchev–Trinajstić information content (AvgIpc) is 2.87. The zero-order valence-corrected chi connectivity index (χ0v) is 20.5. The molecule has 1 aliphatic rings. The molecule has 0 fully saturated rings. The van der Waals surface area contributed by atoms with Crippen molar-refractivity contribution in [3.8, 4) is 29.1 Å². The highest BCUT2D eigenvalue weighted by Crippen LogP contribution is 2.44. The Hall–Kier alpha value is -4.44. The molecule has 7 heteroatoms. The van der Waals surface area contributed by atoms with Gasteiger partial charge in [-0.1, -0.05) is 37.3 Å². The number of aryl methyl sites for hydroxylation is 1. The van der Waals surface area contributed by atoms with Gasteiger partial charge in [-0.25, -0.2) is 4.79 Å². The summed E-state index contributed by atoms with van der Waals surface area (Å²) in [5, 5.41) is 9.81. The van der Waals surface area contributed by atoms with Crippen molar-refractivity contribution in [2.24, 2.45) is 5.73 Å². The highest BCUT2D eigenvalue weighted by Gasteiger charge is 2.31. The van der Waals surface area contributed by atoms with Crippen LogP contribution in [0, 0.1) is 25.2 Å². The van der Waals surface area contributed by atoms with E-state index in [2.05, 4.69) is 6.07 Å². The molecule has 0 aromatic heterocycles. The first-order valence-corrected chi connectivity index (χ1v) is 11.7. The zero-order valence-electron chi connectivity index (χ0n) is 20.5. The normalized spacial score (nSPS) is 14.3. The number of hydrogen-bond acceptors (Lipinski definition) is 7. The Bertz CT molecular complexity index is 1360. The number of nitrogens with zero attached hydrogens (tertiary/aromatic N) is 1. The molecule has 3 aromatic carbocycles. The van der Waals surface area contributed by atoms with Crippen molar-refractivity contribution in [1.82, 2.24) is 0 Å². The van der Waals surface area contributed by atoms with Crippen LogP contribution in [0.25, 0.3) is 0 Å². The molecule has 2 N–H and O–H groups in total. The van der Waals surface area contributed by atoms with E-state index in [9.17, 15) is 10.1 Å². The summed E-state index contributed by atoms with van der Waals surface area (Å²) in [5.41, 5.74) is 10.1. The molecule has 0 saturated carbocycles. The van der Waals surface area contributed by atoms with E-state index in [1.165, 1.54) is 0 Å². The minimum Gasteiger partial charge on any atom is -0.494 e. The topological polar surface area (TPSA) is 104 Å². The van der Waals surface area contributed by atoms with Crippen molar-refractivity contribution in [3.05, 3.63) is 94.4 Å². The van der Waals surface area contributed by atoms with E-state index in [1.54, 1.807) is 18.2 Å². The average molecular weight is 485 g/mol. The molecule has 1 aliphatic heterocycles. The van der Waals surface area contributed by atoms with Crippen molar-refractivity contribution >= 4 is 5.97 Å². The summed E-state index contributed by atoms with van der Waals surface area (Å²) in [6.07, 6.45) is 0.887. The molecule has 0 saturated heterocycles. The third kappa shape index (κ3) is 5.28. The first kappa shape index (κ1) is 24.7. The Morgan fingerprint density at radius 1 is 1.06 bits per heavy atom. The summed E-state index contributed by atoms with van der Waals surface area (Å²) in [6, 6.07) is 20.5. The van der Waals surface area contributed by atoms with Gasteiger partial charge in [0.25, 0.3) is 0 Å². The fourth-order valence-electron chi connectivity index (χ4n) is 4.02. The molecule has 7 nitrogen and oxygen atoms in total. The second kappa shape index (κ2) is 10.9. The number of carbonyl (C=O) groups excluding carboxylic acids is 1. The van der Waals surface area contributed by atoms with E-state index in [-0.39, 0.29) is 18.2 Å². The summed E-state index contributed by atoms with van der Waals surface area (Å²) >= 11 is 0. The minimum absolute atomic E-state index is 0.0108. The molecule has 3 aromatic rings. The summed E-state index contributed by atoms with van der Waals surface area (Å²) in [6.45, 7) is 6.31. The number of ether oxygens (including phenoxy) is 4. The number of rotatable bonds is 8. The van der Waals surface area contributed by atoms with Gasteiger partial charge in [0.2, 0.25) is 5.88 Å². The first-order valence-electron chi connectivity index (χ1n) is 11.7. The molecule has 1 heterocycles. The number of fused-ring (bicyclic) bond motifs is 1. The molecular formula is C29H28N2O5. The van der Waals surface area contributed by atoms with Crippen LogP contribution in [0.5, 0.6) is 23.0 Å². The number of hydrogen-bond donors (Lipinski definition) is 1. The molecule has 4 rings (SSSR count). The highest BCUT2D eigenvalue weighted by atomic mass is 16.6. The lowest BCUT2D eigenvalue weighted by Crippen LogP contribution is -2.22. The highest BCUT2D eigenvalue weighted by molar-refractivity contribution is 5.74. The van der Waals surface area contributed by atoms with Crippen LogP contribution in [0.2, 0.25) is 0 Å². The smallest absolute Gasteiger partial charge is 0.349 e. The fraction of sp³-hybridized carbons (Fsp3) is 0.241. The SMILES string of the molecule is CCCOc1cccc(C2C(C#N)=C(N)Oc3cc(OC(=O)COc4cccc(C)c4C)ccc32)c1. The summed E-state index contributed by atoms with van der Waals surface area (Å²) in [4.78, 5) is 12.4. The number of esters is 1. The lowest BCUT2D eigenvalue weighted by molar-refractivity contribution is -0.136. The van der Waals surface area contributed by atoms with E-state index >= 15 is 0 Å². The summed E-state index contributed by atoms with van der Waals surface area (Å²) in [5.74, 6) is 1.07. The maximum absolute atomic E-state index is 12.4. The zero-order chi connectivity index (χ0) is 25.7. The molecule has 0 radical (unpaired) electrons. The molecular weight excluding hydrogens is 456 g/mol. The Morgan fingerprint density at radius 3 is 2.64 bits per heavy atom. The van der Waals surface area contributed by atoms with Crippen LogP contribution >= 0.6 is 0 Å². The van der Waals surface area contributed by atoms with Crippen molar-refractivity contribution in [3.63, 3.8) is 0 Å². The maximum Gasteiger partial charge on any atom is 0.349 e. The van der Waals surface area contributed by atoms with Gasteiger partial charge in [-0.3, -0.25) is 0 Å². The van der Waals surface area contributed by atoms with E-state index < -0.39 is 11.9 Å². The summed E-state index contributed by atoms with van der Waals surface area (Å²) in [7, 11) is 0. The molecule has 1 unspecified atom stereocenters. The van der Waals surface area contributed by atoms with E-state index in [1.807, 2.05) is 63.2 Å². The van der Waals surface area contributed by atoms with Crippen molar-refractivity contribution in [2.45, 2.75) is 33.1 Å². The van der Waals surface area contributed by atoms with Gasteiger partial charge in [0.1, 0.15) is 34.6 Å². The lowest BCUT2D eigenvalue weighted by atomic mass is 9.83. The van der Waals surface area contributed by atoms with E-state index in [4.69, 9.17) is 24.7 Å². The van der Waals surface area contributed by atoms with Gasteiger partial charge in [-0.2, -0.15) is 5.26 Å². The van der Waals surface area contributed by atoms with Gasteiger partial charge in [0.15, 0.2) is 6.61 Å². The van der Waals surface area contributed by atoms with Crippen LogP contribution in [0.3, 0.4) is 0 Å². The number of nitrogens with two attached hydrogens (primary N) is 1. The van der Waals surface area contributed by atoms with Gasteiger partial charge >= 0.3 is 5.97 Å². The molecule has 0 amide bonds. The van der Waals surface area contributed by atoms with Gasteiger partial charge in [0.05, 0.1) is 12.5 Å². The van der Waals surface area contributed by atoms with Gasteiger partial charge < -0.3 is 24.7 Å². The fourth-order valence-corrected chi connectivity index (χ4v) is 4.02. The molecule has 0 spiro atoms. The summed E-state index contributed by atoms with van der Waals surface area (Å²) < 4.78 is 22.6. The van der Waals surface area contributed by atoms with Crippen LogP contribution in [0.15, 0.2) is 72.1 Å². The third-order valence-corrected chi connectivity index (χ3v) is 5.99. The Morgan fingerprint density at radius 2 is 1.86 bits per heavy atom. The third-order valence-electron chi connectivity index (χ3n) is 5.99. The lowest BCUT2D eigenvalue weighted by Gasteiger charge is -2.27. The first-order chi connectivity index (χ1) is 17.4. The molecule has 1 atom stereocenters. The van der Waals surface area contributed by atoms with Gasteiger partial charge in [-0.05, 0) is 61.2 Å². The predicted octanol–water partition coefficient (Wildman–Crippen LogP) is 5.29. The molecule has 0 aliphatic carbocycles. The Kier molecular flexibility index (Phi) is 7.45. The van der Waals surface area contributed by atoms with Crippen LogP contribution in [0.1, 0.15) is 41.5 Å². The van der Waals surface area contributed by atoms with Crippen LogP contribution < -0.4 is 24.7 Å². The monoisotopic (exact) mass is 484 g/mol. The minimum atomic E-state index is -0.551. The second-order valence-electron chi connectivity index (χ2n) is 8.51. The quantitative estimate of drug-likeness (QED) is 0.342. The van der Waals surface area contributed by atoms with Crippen LogP contribution in [-0.2, 0) is 4.79 Å². The Labute approximate surface area is 210 Å². The van der Waals surface area contributed by atoms with Crippen molar-refractivity contribution in [2.75, 3.05) is 13.2 Å². The second-order valence-corrected chi connectivity index (χ2v) is 8.51. The van der Waals surface area contributed by atoms with Crippen molar-refractivity contribution in [1.29, 1.82) is 5.26 Å². The predicted molar refractivity (Wildman–Crippen MR) is 135 cm³/mol. The molecule has 36 heavy (non-hydrogen) atoms. The van der Waals surface area contributed by atoms with E-state index in [0.29, 0.717) is 29.4 Å².